The van der Waals surface area contributed by atoms with Crippen LogP contribution in [0.4, 0.5) is 10.1 Å². The fourth-order valence-corrected chi connectivity index (χ4v) is 2.77. The molecular weight excluding hydrogens is 309 g/mol. The number of aromatic nitrogens is 2. The van der Waals surface area contributed by atoms with Crippen molar-refractivity contribution in [3.05, 3.63) is 66.1 Å². The Morgan fingerprint density at radius 1 is 1.21 bits per heavy atom. The maximum absolute atomic E-state index is 12.9. The Bertz CT molecular complexity index is 903. The van der Waals surface area contributed by atoms with E-state index in [-0.39, 0.29) is 18.3 Å². The summed E-state index contributed by atoms with van der Waals surface area (Å²) in [5.41, 5.74) is 3.31. The third kappa shape index (κ3) is 2.62. The van der Waals surface area contributed by atoms with Crippen LogP contribution in [0.1, 0.15) is 5.56 Å². The van der Waals surface area contributed by atoms with Gasteiger partial charge in [0, 0.05) is 16.8 Å². The van der Waals surface area contributed by atoms with Gasteiger partial charge in [-0.25, -0.2) is 4.39 Å². The number of rotatable bonds is 3. The van der Waals surface area contributed by atoms with E-state index in [9.17, 15) is 9.18 Å². The van der Waals surface area contributed by atoms with Gasteiger partial charge in [0.15, 0.2) is 0 Å². The fourth-order valence-electron chi connectivity index (χ4n) is 2.77. The van der Waals surface area contributed by atoms with Gasteiger partial charge in [0.25, 0.3) is 0 Å². The van der Waals surface area contributed by atoms with Gasteiger partial charge in [0.2, 0.25) is 5.91 Å². The molecule has 1 amide bonds. The number of hydrogen-bond acceptors (Lipinski definition) is 3. The van der Waals surface area contributed by atoms with Crippen molar-refractivity contribution in [2.24, 2.45) is 0 Å². The highest BCUT2D eigenvalue weighted by Crippen LogP contribution is 2.36. The molecule has 0 bridgehead atoms. The number of ether oxygens (including phenoxy) is 1. The van der Waals surface area contributed by atoms with E-state index < -0.39 is 0 Å². The van der Waals surface area contributed by atoms with Crippen molar-refractivity contribution < 1.29 is 13.9 Å². The number of benzene rings is 2. The monoisotopic (exact) mass is 323 g/mol. The van der Waals surface area contributed by atoms with Gasteiger partial charge in [-0.1, -0.05) is 12.1 Å². The molecule has 1 aliphatic rings. The molecule has 1 aliphatic heterocycles. The molecule has 0 fully saturated rings. The zero-order valence-corrected chi connectivity index (χ0v) is 12.7. The van der Waals surface area contributed by atoms with Crippen LogP contribution >= 0.6 is 0 Å². The van der Waals surface area contributed by atoms with Crippen LogP contribution in [0.2, 0.25) is 0 Å². The summed E-state index contributed by atoms with van der Waals surface area (Å²) in [5, 5.41) is 7.05. The molecule has 0 saturated carbocycles. The summed E-state index contributed by atoms with van der Waals surface area (Å²) < 4.78 is 20.3. The second-order valence-corrected chi connectivity index (χ2v) is 5.52. The molecule has 6 heteroatoms. The Morgan fingerprint density at radius 3 is 2.83 bits per heavy atom. The molecule has 5 nitrogen and oxygen atoms in total. The van der Waals surface area contributed by atoms with Gasteiger partial charge in [-0.2, -0.15) is 5.10 Å². The fraction of sp³-hybridized carbons (Fsp3) is 0.111. The summed E-state index contributed by atoms with van der Waals surface area (Å²) in [4.78, 5) is 12.3. The van der Waals surface area contributed by atoms with Crippen molar-refractivity contribution in [3.8, 4) is 17.0 Å². The van der Waals surface area contributed by atoms with Gasteiger partial charge >= 0.3 is 0 Å². The zero-order valence-electron chi connectivity index (χ0n) is 12.7. The Morgan fingerprint density at radius 2 is 2.00 bits per heavy atom. The Labute approximate surface area is 137 Å². The Hall–Kier alpha value is -3.15. The molecule has 1 N–H and O–H groups in total. The quantitative estimate of drug-likeness (QED) is 0.805. The summed E-state index contributed by atoms with van der Waals surface area (Å²) in [6.45, 7) is 0.507. The maximum Gasteiger partial charge on any atom is 0.246 e. The van der Waals surface area contributed by atoms with Gasteiger partial charge in [0.05, 0.1) is 11.9 Å². The minimum Gasteiger partial charge on any atom is -0.488 e. The van der Waals surface area contributed by atoms with Gasteiger partial charge in [-0.05, 0) is 36.4 Å². The third-order valence-corrected chi connectivity index (χ3v) is 3.86. The average molecular weight is 323 g/mol. The number of carbonyl (C=O) groups excluding carboxylic acids is 1. The molecule has 2 heterocycles. The predicted molar refractivity (Wildman–Crippen MR) is 87.0 cm³/mol. The van der Waals surface area contributed by atoms with Crippen LogP contribution in [0.15, 0.2) is 54.7 Å². The maximum atomic E-state index is 12.9. The second kappa shape index (κ2) is 5.81. The normalized spacial score (nSPS) is 12.0. The standard InChI is InChI=1S/C18H14FN3O2/c19-13-5-7-14(8-6-13)21-17(23)10-22-18-12(9-20-22)11-24-16-4-2-1-3-15(16)18/h1-9H,10-11H2,(H,21,23). The molecule has 0 atom stereocenters. The second-order valence-electron chi connectivity index (χ2n) is 5.52. The first-order chi connectivity index (χ1) is 11.7. The van der Waals surface area contributed by atoms with E-state index in [2.05, 4.69) is 10.4 Å². The van der Waals surface area contributed by atoms with Crippen LogP contribution in [-0.4, -0.2) is 15.7 Å². The number of hydrogen-bond donors (Lipinski definition) is 1. The van der Waals surface area contributed by atoms with Crippen LogP contribution in [-0.2, 0) is 17.9 Å². The van der Waals surface area contributed by atoms with Crippen molar-refractivity contribution in [2.45, 2.75) is 13.2 Å². The molecule has 120 valence electrons. The summed E-state index contributed by atoms with van der Waals surface area (Å²) in [6, 6.07) is 13.3. The first-order valence-corrected chi connectivity index (χ1v) is 7.53. The summed E-state index contributed by atoms with van der Waals surface area (Å²) in [5.74, 6) is 0.216. The van der Waals surface area contributed by atoms with E-state index in [1.807, 2.05) is 24.3 Å². The van der Waals surface area contributed by atoms with Crippen LogP contribution in [0.25, 0.3) is 11.3 Å². The van der Waals surface area contributed by atoms with E-state index in [0.29, 0.717) is 12.3 Å². The van der Waals surface area contributed by atoms with E-state index in [1.54, 1.807) is 10.9 Å². The lowest BCUT2D eigenvalue weighted by Gasteiger charge is -2.19. The predicted octanol–water partition coefficient (Wildman–Crippen LogP) is 3.22. The molecule has 2 aromatic carbocycles. The molecule has 1 aromatic heterocycles. The van der Waals surface area contributed by atoms with Gasteiger partial charge in [0.1, 0.15) is 24.7 Å². The highest BCUT2D eigenvalue weighted by Gasteiger charge is 2.22. The van der Waals surface area contributed by atoms with E-state index in [1.165, 1.54) is 24.3 Å². The lowest BCUT2D eigenvalue weighted by Crippen LogP contribution is -2.20. The van der Waals surface area contributed by atoms with Gasteiger partial charge in [-0.3, -0.25) is 9.48 Å². The van der Waals surface area contributed by atoms with Crippen molar-refractivity contribution in [3.63, 3.8) is 0 Å². The third-order valence-electron chi connectivity index (χ3n) is 3.86. The van der Waals surface area contributed by atoms with Crippen molar-refractivity contribution in [1.82, 2.24) is 9.78 Å². The zero-order chi connectivity index (χ0) is 16.5. The molecule has 0 saturated heterocycles. The van der Waals surface area contributed by atoms with E-state index >= 15 is 0 Å². The van der Waals surface area contributed by atoms with Crippen molar-refractivity contribution in [1.29, 1.82) is 0 Å². The topological polar surface area (TPSA) is 56.2 Å². The number of nitrogens with one attached hydrogen (secondary N) is 1. The molecule has 24 heavy (non-hydrogen) atoms. The van der Waals surface area contributed by atoms with Gasteiger partial charge < -0.3 is 10.1 Å². The number of para-hydroxylation sites is 1. The smallest absolute Gasteiger partial charge is 0.246 e. The molecule has 0 spiro atoms. The Balaban J connectivity index is 1.57. The number of halogens is 1. The molecule has 0 aliphatic carbocycles. The first-order valence-electron chi connectivity index (χ1n) is 7.53. The highest BCUT2D eigenvalue weighted by atomic mass is 19.1. The van der Waals surface area contributed by atoms with E-state index in [0.717, 1.165) is 22.6 Å². The number of nitrogens with zero attached hydrogens (tertiary/aromatic N) is 2. The number of carbonyl (C=O) groups is 1. The summed E-state index contributed by atoms with van der Waals surface area (Å²) in [7, 11) is 0. The van der Waals surface area contributed by atoms with Crippen molar-refractivity contribution >= 4 is 11.6 Å². The van der Waals surface area contributed by atoms with Crippen LogP contribution in [0, 0.1) is 5.82 Å². The van der Waals surface area contributed by atoms with Crippen molar-refractivity contribution in [2.75, 3.05) is 5.32 Å². The van der Waals surface area contributed by atoms with Crippen LogP contribution in [0.3, 0.4) is 0 Å². The van der Waals surface area contributed by atoms with Crippen LogP contribution in [0.5, 0.6) is 5.75 Å². The molecular formula is C18H14FN3O2. The molecule has 0 unspecified atom stereocenters. The summed E-state index contributed by atoms with van der Waals surface area (Å²) >= 11 is 0. The largest absolute Gasteiger partial charge is 0.488 e. The van der Waals surface area contributed by atoms with Gasteiger partial charge in [-0.15, -0.1) is 0 Å². The SMILES string of the molecule is O=C(Cn1ncc2c1-c1ccccc1OC2)Nc1ccc(F)cc1. The van der Waals surface area contributed by atoms with Crippen LogP contribution < -0.4 is 10.1 Å². The number of fused-ring (bicyclic) bond motifs is 3. The number of amides is 1. The first kappa shape index (κ1) is 14.4. The lowest BCUT2D eigenvalue weighted by atomic mass is 10.0. The molecule has 3 aromatic rings. The summed E-state index contributed by atoms with van der Waals surface area (Å²) in [6.07, 6.45) is 1.72. The minimum atomic E-state index is -0.342. The Kier molecular flexibility index (Phi) is 3.49. The molecule has 0 radical (unpaired) electrons. The lowest BCUT2D eigenvalue weighted by molar-refractivity contribution is -0.116. The highest BCUT2D eigenvalue weighted by molar-refractivity contribution is 5.91. The number of anilines is 1. The van der Waals surface area contributed by atoms with E-state index in [4.69, 9.17) is 4.74 Å². The molecule has 4 rings (SSSR count). The average Bonchev–Trinajstić information content (AvgIpc) is 3.00. The minimum absolute atomic E-state index is 0.0705.